The van der Waals surface area contributed by atoms with Crippen LogP contribution in [-0.2, 0) is 0 Å². The molecule has 2 unspecified atom stereocenters. The molecule has 62 valence electrons. The first-order valence-electron chi connectivity index (χ1n) is 4.69. The minimum absolute atomic E-state index is 0.891. The Morgan fingerprint density at radius 3 is 3.25 bits per heavy atom. The van der Waals surface area contributed by atoms with Gasteiger partial charge in [0.1, 0.15) is 0 Å². The molecule has 1 nitrogen and oxygen atoms in total. The van der Waals surface area contributed by atoms with Crippen molar-refractivity contribution in [3.8, 4) is 0 Å². The minimum Gasteiger partial charge on any atom is -0.385 e. The van der Waals surface area contributed by atoms with Crippen LogP contribution in [0.15, 0.2) is 18.2 Å². The Morgan fingerprint density at radius 2 is 2.33 bits per heavy atom. The van der Waals surface area contributed by atoms with E-state index < -0.39 is 0 Å². The van der Waals surface area contributed by atoms with Crippen LogP contribution in [0.25, 0.3) is 0 Å². The van der Waals surface area contributed by atoms with Crippen LogP contribution in [0.2, 0.25) is 0 Å². The average molecular weight is 159 g/mol. The molecule has 1 aliphatic carbocycles. The third-order valence-corrected chi connectivity index (χ3v) is 3.17. The van der Waals surface area contributed by atoms with E-state index in [2.05, 4.69) is 30.4 Å². The fourth-order valence-electron chi connectivity index (χ4n) is 2.39. The molecule has 1 fully saturated rings. The number of anilines is 1. The first kappa shape index (κ1) is 6.53. The molecule has 12 heavy (non-hydrogen) atoms. The Morgan fingerprint density at radius 1 is 1.42 bits per heavy atom. The summed E-state index contributed by atoms with van der Waals surface area (Å²) >= 11 is 0. The van der Waals surface area contributed by atoms with Gasteiger partial charge in [0.25, 0.3) is 0 Å². The van der Waals surface area contributed by atoms with Crippen molar-refractivity contribution in [2.45, 2.75) is 19.3 Å². The summed E-state index contributed by atoms with van der Waals surface area (Å²) in [5.74, 6) is 1.83. The molecule has 1 saturated carbocycles. The van der Waals surface area contributed by atoms with Crippen molar-refractivity contribution in [1.82, 2.24) is 0 Å². The first-order chi connectivity index (χ1) is 5.86. The molecular formula is C11H13N. The molecule has 0 saturated heterocycles. The minimum atomic E-state index is 0.891. The van der Waals surface area contributed by atoms with Gasteiger partial charge < -0.3 is 5.32 Å². The largest absolute Gasteiger partial charge is 0.385 e. The van der Waals surface area contributed by atoms with Crippen molar-refractivity contribution < 1.29 is 0 Å². The molecule has 1 aliphatic heterocycles. The average Bonchev–Trinajstić information content (AvgIpc) is 2.82. The zero-order chi connectivity index (χ0) is 8.13. The topological polar surface area (TPSA) is 12.0 Å². The van der Waals surface area contributed by atoms with E-state index in [0.29, 0.717) is 0 Å². The molecule has 1 aromatic carbocycles. The van der Waals surface area contributed by atoms with Crippen LogP contribution in [-0.4, -0.2) is 6.54 Å². The molecule has 0 radical (unpaired) electrons. The van der Waals surface area contributed by atoms with E-state index in [-0.39, 0.29) is 0 Å². The lowest BCUT2D eigenvalue weighted by Crippen LogP contribution is -2.12. The van der Waals surface area contributed by atoms with Crippen LogP contribution in [0.3, 0.4) is 0 Å². The third-order valence-electron chi connectivity index (χ3n) is 3.17. The van der Waals surface area contributed by atoms with Crippen LogP contribution in [0.5, 0.6) is 0 Å². The molecule has 0 bridgehead atoms. The van der Waals surface area contributed by atoms with Crippen molar-refractivity contribution >= 4 is 5.69 Å². The van der Waals surface area contributed by atoms with Crippen LogP contribution in [0.4, 0.5) is 5.69 Å². The van der Waals surface area contributed by atoms with Gasteiger partial charge in [0.2, 0.25) is 0 Å². The predicted octanol–water partition coefficient (Wildman–Crippen LogP) is 2.52. The van der Waals surface area contributed by atoms with Crippen LogP contribution >= 0.6 is 0 Å². The monoisotopic (exact) mass is 159 g/mol. The Labute approximate surface area is 72.8 Å². The highest BCUT2D eigenvalue weighted by atomic mass is 14.9. The number of nitrogens with one attached hydrogen (secondary N) is 1. The Kier molecular flexibility index (Phi) is 1.11. The highest BCUT2D eigenvalue weighted by Gasteiger charge is 2.42. The fourth-order valence-corrected chi connectivity index (χ4v) is 2.39. The summed E-state index contributed by atoms with van der Waals surface area (Å²) in [6, 6.07) is 6.57. The molecule has 0 aromatic heterocycles. The Bertz CT molecular complexity index is 330. The summed E-state index contributed by atoms with van der Waals surface area (Å²) in [5, 5.41) is 3.49. The lowest BCUT2D eigenvalue weighted by molar-refractivity contribution is 0.812. The van der Waals surface area contributed by atoms with Gasteiger partial charge in [0.15, 0.2) is 0 Å². The summed E-state index contributed by atoms with van der Waals surface area (Å²) in [7, 11) is 0. The SMILES string of the molecule is Cc1cccc2c1C1CC1CN2. The molecule has 0 amide bonds. The molecule has 3 rings (SSSR count). The van der Waals surface area contributed by atoms with Crippen molar-refractivity contribution in [3.63, 3.8) is 0 Å². The molecule has 2 atom stereocenters. The molecule has 2 aliphatic rings. The molecule has 1 aromatic rings. The molecule has 1 heterocycles. The molecule has 1 N–H and O–H groups in total. The van der Waals surface area contributed by atoms with Crippen LogP contribution in [0.1, 0.15) is 23.5 Å². The van der Waals surface area contributed by atoms with E-state index in [9.17, 15) is 0 Å². The maximum absolute atomic E-state index is 3.49. The summed E-state index contributed by atoms with van der Waals surface area (Å²) in [6.07, 6.45) is 1.41. The normalized spacial score (nSPS) is 30.1. The van der Waals surface area contributed by atoms with Gasteiger partial charge in [-0.3, -0.25) is 0 Å². The summed E-state index contributed by atoms with van der Waals surface area (Å²) in [4.78, 5) is 0. The Hall–Kier alpha value is -0.980. The maximum Gasteiger partial charge on any atom is 0.0378 e. The number of hydrogen-bond acceptors (Lipinski definition) is 1. The van der Waals surface area contributed by atoms with Gasteiger partial charge in [-0.05, 0) is 42.4 Å². The second-order valence-corrected chi connectivity index (χ2v) is 4.02. The van der Waals surface area contributed by atoms with E-state index in [0.717, 1.165) is 11.8 Å². The summed E-state index contributed by atoms with van der Waals surface area (Å²) in [5.41, 5.74) is 4.44. The van der Waals surface area contributed by atoms with Gasteiger partial charge >= 0.3 is 0 Å². The smallest absolute Gasteiger partial charge is 0.0378 e. The highest BCUT2D eigenvalue weighted by molar-refractivity contribution is 5.60. The van der Waals surface area contributed by atoms with Gasteiger partial charge in [0.05, 0.1) is 0 Å². The van der Waals surface area contributed by atoms with E-state index in [4.69, 9.17) is 0 Å². The fraction of sp³-hybridized carbons (Fsp3) is 0.455. The second-order valence-electron chi connectivity index (χ2n) is 4.02. The maximum atomic E-state index is 3.49. The van der Waals surface area contributed by atoms with Gasteiger partial charge in [-0.1, -0.05) is 12.1 Å². The van der Waals surface area contributed by atoms with E-state index in [1.54, 1.807) is 5.56 Å². The van der Waals surface area contributed by atoms with Gasteiger partial charge in [-0.25, -0.2) is 0 Å². The third kappa shape index (κ3) is 0.739. The number of benzene rings is 1. The predicted molar refractivity (Wildman–Crippen MR) is 50.5 cm³/mol. The molecule has 0 spiro atoms. The van der Waals surface area contributed by atoms with Crippen molar-refractivity contribution in [3.05, 3.63) is 29.3 Å². The van der Waals surface area contributed by atoms with E-state index in [1.165, 1.54) is 24.2 Å². The molecular weight excluding hydrogens is 146 g/mol. The van der Waals surface area contributed by atoms with Crippen LogP contribution < -0.4 is 5.32 Å². The zero-order valence-electron chi connectivity index (χ0n) is 7.30. The lowest BCUT2D eigenvalue weighted by atomic mass is 9.98. The van der Waals surface area contributed by atoms with Crippen molar-refractivity contribution in [1.29, 1.82) is 0 Å². The van der Waals surface area contributed by atoms with E-state index >= 15 is 0 Å². The quantitative estimate of drug-likeness (QED) is 0.613. The van der Waals surface area contributed by atoms with Crippen LogP contribution in [0, 0.1) is 12.8 Å². The Balaban J connectivity index is 2.19. The van der Waals surface area contributed by atoms with Crippen molar-refractivity contribution in [2.24, 2.45) is 5.92 Å². The highest BCUT2D eigenvalue weighted by Crippen LogP contribution is 2.53. The first-order valence-corrected chi connectivity index (χ1v) is 4.69. The molecule has 1 heteroatoms. The number of hydrogen-bond donors (Lipinski definition) is 1. The number of aryl methyl sites for hydroxylation is 1. The van der Waals surface area contributed by atoms with Gasteiger partial charge in [0, 0.05) is 12.2 Å². The van der Waals surface area contributed by atoms with E-state index in [1.807, 2.05) is 0 Å². The zero-order valence-corrected chi connectivity index (χ0v) is 7.30. The van der Waals surface area contributed by atoms with Gasteiger partial charge in [-0.15, -0.1) is 0 Å². The summed E-state index contributed by atoms with van der Waals surface area (Å²) in [6.45, 7) is 3.42. The number of fused-ring (bicyclic) bond motifs is 3. The lowest BCUT2D eigenvalue weighted by Gasteiger charge is -2.18. The summed E-state index contributed by atoms with van der Waals surface area (Å²) < 4.78 is 0. The van der Waals surface area contributed by atoms with Crippen molar-refractivity contribution in [2.75, 3.05) is 11.9 Å². The standard InChI is InChI=1S/C11H13N/c1-7-3-2-4-10-11(7)9-5-8(9)6-12-10/h2-4,8-9,12H,5-6H2,1H3. The number of rotatable bonds is 0. The van der Waals surface area contributed by atoms with Gasteiger partial charge in [-0.2, -0.15) is 0 Å². The second kappa shape index (κ2) is 2.03.